The van der Waals surface area contributed by atoms with Gasteiger partial charge >= 0.3 is 11.4 Å². The van der Waals surface area contributed by atoms with E-state index in [0.29, 0.717) is 10.8 Å². The Kier molecular flexibility index (Phi) is 4.48. The van der Waals surface area contributed by atoms with Crippen molar-refractivity contribution >= 4 is 0 Å². The highest BCUT2D eigenvalue weighted by Gasteiger charge is 2.36. The van der Waals surface area contributed by atoms with E-state index < -0.39 is 53.5 Å². The van der Waals surface area contributed by atoms with Crippen LogP contribution in [0, 0.1) is 5.82 Å². The fraction of sp³-hybridized carbons (Fsp3) is 0.385. The molecule has 3 atom stereocenters. The van der Waals surface area contributed by atoms with Crippen LogP contribution in [0.25, 0.3) is 0 Å². The summed E-state index contributed by atoms with van der Waals surface area (Å²) in [7, 11) is 0. The third-order valence-electron chi connectivity index (χ3n) is 3.56. The molecule has 12 heteroatoms. The number of rotatable bonds is 3. The summed E-state index contributed by atoms with van der Waals surface area (Å²) in [5.74, 6) is -1.24. The van der Waals surface area contributed by atoms with Crippen LogP contribution >= 0.6 is 0 Å². The Balaban J connectivity index is 2.12. The average Bonchev–Trinajstić information content (AvgIpc) is 2.58. The molecule has 134 valence electrons. The van der Waals surface area contributed by atoms with Crippen molar-refractivity contribution < 1.29 is 19.0 Å². The van der Waals surface area contributed by atoms with E-state index in [1.54, 1.807) is 4.98 Å². The predicted octanol–water partition coefficient (Wildman–Crippen LogP) is -2.37. The standard InChI is InChI=1S/C13H13FN4O7/c14-7-3-18(13(23)16-9(7)21)10-11(25-6(4-19)5-24-10)17-2-1-8(20)15-12(17)22/h1-3,6,10-11,19H,4-5H2,(H,15,20,22)(H,16,21,23)/t6-,10-,11-/m1/s1. The lowest BCUT2D eigenvalue weighted by Gasteiger charge is -2.37. The maximum Gasteiger partial charge on any atom is 0.330 e. The zero-order valence-corrected chi connectivity index (χ0v) is 12.5. The Bertz CT molecular complexity index is 1010. The zero-order valence-electron chi connectivity index (χ0n) is 12.5. The lowest BCUT2D eigenvalue weighted by molar-refractivity contribution is -0.245. The first-order chi connectivity index (χ1) is 11.9. The molecule has 0 bridgehead atoms. The summed E-state index contributed by atoms with van der Waals surface area (Å²) in [6, 6.07) is 1.04. The van der Waals surface area contributed by atoms with Crippen molar-refractivity contribution in [2.45, 2.75) is 18.6 Å². The molecule has 3 N–H and O–H groups in total. The van der Waals surface area contributed by atoms with Crippen LogP contribution < -0.4 is 22.5 Å². The van der Waals surface area contributed by atoms with Crippen LogP contribution in [0.15, 0.2) is 37.6 Å². The van der Waals surface area contributed by atoms with Gasteiger partial charge in [0.15, 0.2) is 12.5 Å². The van der Waals surface area contributed by atoms with Crippen LogP contribution in [0.3, 0.4) is 0 Å². The van der Waals surface area contributed by atoms with Crippen molar-refractivity contribution in [2.24, 2.45) is 0 Å². The lowest BCUT2D eigenvalue weighted by Crippen LogP contribution is -2.47. The summed E-state index contributed by atoms with van der Waals surface area (Å²) < 4.78 is 26.2. The van der Waals surface area contributed by atoms with Gasteiger partial charge in [-0.25, -0.2) is 9.59 Å². The van der Waals surface area contributed by atoms with Crippen LogP contribution in [-0.4, -0.2) is 43.5 Å². The largest absolute Gasteiger partial charge is 0.394 e. The molecule has 1 aliphatic heterocycles. The normalized spacial score (nSPS) is 23.5. The fourth-order valence-corrected chi connectivity index (χ4v) is 2.39. The molecule has 0 aliphatic carbocycles. The van der Waals surface area contributed by atoms with Gasteiger partial charge in [-0.2, -0.15) is 4.39 Å². The van der Waals surface area contributed by atoms with E-state index in [0.717, 1.165) is 16.8 Å². The van der Waals surface area contributed by atoms with E-state index in [4.69, 9.17) is 9.47 Å². The molecular formula is C13H13FN4O7. The first-order valence-electron chi connectivity index (χ1n) is 7.11. The van der Waals surface area contributed by atoms with Crippen LogP contribution in [-0.2, 0) is 9.47 Å². The molecule has 1 fully saturated rings. The maximum atomic E-state index is 13.6. The number of H-pyrrole nitrogens is 2. The Morgan fingerprint density at radius 3 is 2.56 bits per heavy atom. The van der Waals surface area contributed by atoms with Gasteiger partial charge < -0.3 is 14.6 Å². The van der Waals surface area contributed by atoms with Crippen LogP contribution in [0.5, 0.6) is 0 Å². The number of aromatic amines is 2. The lowest BCUT2D eigenvalue weighted by atomic mass is 10.3. The first kappa shape index (κ1) is 17.0. The summed E-state index contributed by atoms with van der Waals surface area (Å²) in [5, 5.41) is 9.23. The van der Waals surface area contributed by atoms with E-state index >= 15 is 0 Å². The number of nitrogens with one attached hydrogen (secondary N) is 2. The van der Waals surface area contributed by atoms with E-state index in [-0.39, 0.29) is 6.61 Å². The van der Waals surface area contributed by atoms with Crippen LogP contribution in [0.1, 0.15) is 12.5 Å². The first-order valence-corrected chi connectivity index (χ1v) is 7.11. The second kappa shape index (κ2) is 6.58. The van der Waals surface area contributed by atoms with Crippen molar-refractivity contribution in [1.29, 1.82) is 0 Å². The molecule has 0 radical (unpaired) electrons. The van der Waals surface area contributed by atoms with Gasteiger partial charge in [-0.1, -0.05) is 0 Å². The van der Waals surface area contributed by atoms with E-state index in [1.165, 1.54) is 0 Å². The number of hydrogen-bond donors (Lipinski definition) is 3. The molecule has 2 aromatic heterocycles. The highest BCUT2D eigenvalue weighted by atomic mass is 19.1. The number of aliphatic hydroxyl groups excluding tert-OH is 1. The fourth-order valence-electron chi connectivity index (χ4n) is 2.39. The van der Waals surface area contributed by atoms with Gasteiger partial charge in [-0.05, 0) is 0 Å². The molecule has 1 aliphatic rings. The third kappa shape index (κ3) is 3.22. The molecule has 0 aromatic carbocycles. The third-order valence-corrected chi connectivity index (χ3v) is 3.56. The summed E-state index contributed by atoms with van der Waals surface area (Å²) in [5.41, 5.74) is -3.70. The Hall–Kier alpha value is -2.83. The van der Waals surface area contributed by atoms with Crippen molar-refractivity contribution in [2.75, 3.05) is 13.2 Å². The topological polar surface area (TPSA) is 148 Å². The molecule has 1 saturated heterocycles. The van der Waals surface area contributed by atoms with Gasteiger partial charge in [0, 0.05) is 12.3 Å². The number of nitrogens with zero attached hydrogens (tertiary/aromatic N) is 2. The summed E-state index contributed by atoms with van der Waals surface area (Å²) in [6.07, 6.45) is -1.72. The quantitative estimate of drug-likeness (QED) is 0.556. The number of aliphatic hydroxyl groups is 1. The summed E-state index contributed by atoms with van der Waals surface area (Å²) in [4.78, 5) is 50.1. The van der Waals surface area contributed by atoms with E-state index in [9.17, 15) is 28.7 Å². The van der Waals surface area contributed by atoms with Gasteiger partial charge in [-0.15, -0.1) is 0 Å². The minimum atomic E-state index is -1.33. The smallest absolute Gasteiger partial charge is 0.330 e. The molecule has 0 unspecified atom stereocenters. The number of aromatic nitrogens is 4. The predicted molar refractivity (Wildman–Crippen MR) is 78.6 cm³/mol. The molecule has 3 heterocycles. The molecule has 2 aromatic rings. The van der Waals surface area contributed by atoms with Gasteiger partial charge in [0.1, 0.15) is 6.10 Å². The molecule has 3 rings (SSSR count). The van der Waals surface area contributed by atoms with Crippen LogP contribution in [0.2, 0.25) is 0 Å². The Morgan fingerprint density at radius 2 is 1.88 bits per heavy atom. The maximum absolute atomic E-state index is 13.6. The molecular weight excluding hydrogens is 343 g/mol. The minimum Gasteiger partial charge on any atom is -0.394 e. The summed E-state index contributed by atoms with van der Waals surface area (Å²) >= 11 is 0. The van der Waals surface area contributed by atoms with Gasteiger partial charge in [0.25, 0.3) is 11.1 Å². The molecule has 25 heavy (non-hydrogen) atoms. The van der Waals surface area contributed by atoms with Crippen molar-refractivity contribution in [3.63, 3.8) is 0 Å². The SMILES string of the molecule is O=c1ccn([C@@H]2O[C@H](CO)CO[C@H]2n2cc(F)c(=O)[nH]c2=O)c(=O)[nH]1. The summed E-state index contributed by atoms with van der Waals surface area (Å²) in [6.45, 7) is -0.584. The van der Waals surface area contributed by atoms with Crippen molar-refractivity contribution in [3.8, 4) is 0 Å². The molecule has 0 saturated carbocycles. The van der Waals surface area contributed by atoms with E-state index in [1.807, 2.05) is 4.98 Å². The van der Waals surface area contributed by atoms with Crippen LogP contribution in [0.4, 0.5) is 4.39 Å². The highest BCUT2D eigenvalue weighted by Crippen LogP contribution is 2.29. The highest BCUT2D eigenvalue weighted by molar-refractivity contribution is 4.92. The second-order valence-electron chi connectivity index (χ2n) is 5.22. The molecule has 0 amide bonds. The number of hydrogen-bond acceptors (Lipinski definition) is 7. The van der Waals surface area contributed by atoms with Crippen molar-refractivity contribution in [1.82, 2.24) is 19.1 Å². The van der Waals surface area contributed by atoms with Gasteiger partial charge in [-0.3, -0.25) is 28.7 Å². The molecule has 0 spiro atoms. The minimum absolute atomic E-state index is 0.150. The average molecular weight is 356 g/mol. The number of ether oxygens (including phenoxy) is 2. The van der Waals surface area contributed by atoms with E-state index in [2.05, 4.69) is 0 Å². The Morgan fingerprint density at radius 1 is 1.16 bits per heavy atom. The monoisotopic (exact) mass is 356 g/mol. The van der Waals surface area contributed by atoms with Crippen molar-refractivity contribution in [3.05, 3.63) is 66.0 Å². The number of halogens is 1. The van der Waals surface area contributed by atoms with Gasteiger partial charge in [0.05, 0.1) is 19.4 Å². The van der Waals surface area contributed by atoms with Gasteiger partial charge in [0.2, 0.25) is 5.82 Å². The second-order valence-corrected chi connectivity index (χ2v) is 5.22. The molecule has 11 nitrogen and oxygen atoms in total. The zero-order chi connectivity index (χ0) is 18.1. The Labute approximate surface area is 136 Å².